The molecule has 246 valence electrons. The summed E-state index contributed by atoms with van der Waals surface area (Å²) < 4.78 is 41.0. The predicted molar refractivity (Wildman–Crippen MR) is 171 cm³/mol. The molecule has 0 spiro atoms. The highest BCUT2D eigenvalue weighted by Crippen LogP contribution is 2.30. The van der Waals surface area contributed by atoms with Gasteiger partial charge in [0, 0.05) is 61.0 Å². The number of nitrogens with one attached hydrogen (secondary N) is 2. The number of hydrogen-bond acceptors (Lipinski definition) is 8. The van der Waals surface area contributed by atoms with Crippen LogP contribution in [0.25, 0.3) is 22.4 Å². The highest BCUT2D eigenvalue weighted by atomic mass is 19.4. The standard InChI is InChI=1S/C33H32F3N11O/c1-45-19-25(17-41-45)23-7-12-29(38-15-23)47(32(48)40-14-22-5-3-2-4-6-22)28-10-8-27(9-11-28)43-31-39-16-24(13-37)30(44-31)26-18-42-46(20-26)21-33(34,35)36/h2-7,12,15-20,27-28H,8-11,14,21H2,1H3,(H,40,48)(H,39,43,44)/t27-,28-. The van der Waals surface area contributed by atoms with E-state index in [-0.39, 0.29) is 40.9 Å². The Morgan fingerprint density at radius 3 is 2.40 bits per heavy atom. The number of aryl methyl sites for hydroxylation is 1. The summed E-state index contributed by atoms with van der Waals surface area (Å²) in [4.78, 5) is 28.8. The maximum absolute atomic E-state index is 13.7. The number of anilines is 2. The van der Waals surface area contributed by atoms with Gasteiger partial charge in [-0.3, -0.25) is 14.3 Å². The number of halogens is 3. The fraction of sp³-hybridized carbons (Fsp3) is 0.303. The van der Waals surface area contributed by atoms with Crippen LogP contribution in [0.5, 0.6) is 0 Å². The van der Waals surface area contributed by atoms with Crippen LogP contribution in [-0.4, -0.2) is 58.8 Å². The van der Waals surface area contributed by atoms with E-state index in [1.54, 1.807) is 22.0 Å². The second-order valence-corrected chi connectivity index (χ2v) is 11.6. The van der Waals surface area contributed by atoms with E-state index in [0.29, 0.717) is 38.0 Å². The summed E-state index contributed by atoms with van der Waals surface area (Å²) in [6, 6.07) is 15.0. The van der Waals surface area contributed by atoms with Crippen LogP contribution in [0, 0.1) is 11.3 Å². The molecule has 5 aromatic rings. The Kier molecular flexibility index (Phi) is 9.33. The van der Waals surface area contributed by atoms with Crippen molar-refractivity contribution in [2.75, 3.05) is 10.2 Å². The zero-order valence-corrected chi connectivity index (χ0v) is 26.0. The van der Waals surface area contributed by atoms with E-state index in [1.165, 1.54) is 18.6 Å². The number of aromatic nitrogens is 7. The number of pyridine rings is 1. The van der Waals surface area contributed by atoms with Crippen molar-refractivity contribution in [1.82, 2.24) is 39.8 Å². The maximum atomic E-state index is 13.7. The number of carbonyl (C=O) groups excluding carboxylic acids is 1. The molecule has 2 amide bonds. The van der Waals surface area contributed by atoms with Crippen molar-refractivity contribution in [3.63, 3.8) is 0 Å². The van der Waals surface area contributed by atoms with Gasteiger partial charge in [-0.2, -0.15) is 28.6 Å². The molecule has 1 aliphatic rings. The van der Waals surface area contributed by atoms with Crippen LogP contribution in [0.1, 0.15) is 36.8 Å². The van der Waals surface area contributed by atoms with Gasteiger partial charge in [0.25, 0.3) is 0 Å². The number of benzene rings is 1. The first-order valence-electron chi connectivity index (χ1n) is 15.3. The van der Waals surface area contributed by atoms with E-state index in [2.05, 4.69) is 35.8 Å². The summed E-state index contributed by atoms with van der Waals surface area (Å²) >= 11 is 0. The topological polar surface area (TPSA) is 142 Å². The third kappa shape index (κ3) is 7.77. The smallest absolute Gasteiger partial charge is 0.351 e. The molecular formula is C33H32F3N11O. The first-order chi connectivity index (χ1) is 23.1. The molecule has 0 radical (unpaired) electrons. The minimum Gasteiger partial charge on any atom is -0.351 e. The van der Waals surface area contributed by atoms with Crippen LogP contribution in [0.4, 0.5) is 29.7 Å². The molecule has 12 nitrogen and oxygen atoms in total. The van der Waals surface area contributed by atoms with Crippen LogP contribution < -0.4 is 15.5 Å². The number of carbonyl (C=O) groups is 1. The summed E-state index contributed by atoms with van der Waals surface area (Å²) in [5.41, 5.74) is 3.39. The van der Waals surface area contributed by atoms with Gasteiger partial charge in [0.15, 0.2) is 0 Å². The zero-order valence-electron chi connectivity index (χ0n) is 26.0. The largest absolute Gasteiger partial charge is 0.408 e. The lowest BCUT2D eigenvalue weighted by molar-refractivity contribution is -0.142. The van der Waals surface area contributed by atoms with E-state index >= 15 is 0 Å². The van der Waals surface area contributed by atoms with Crippen molar-refractivity contribution in [2.45, 2.75) is 57.0 Å². The van der Waals surface area contributed by atoms with Crippen molar-refractivity contribution in [3.8, 4) is 28.5 Å². The minimum absolute atomic E-state index is 0.0369. The molecule has 1 aliphatic carbocycles. The number of nitrogens with zero attached hydrogens (tertiary/aromatic N) is 9. The summed E-state index contributed by atoms with van der Waals surface area (Å²) in [7, 11) is 1.85. The molecule has 4 aromatic heterocycles. The van der Waals surface area contributed by atoms with Crippen molar-refractivity contribution in [3.05, 3.63) is 90.8 Å². The Hall–Kier alpha value is -5.78. The Bertz CT molecular complexity index is 1890. The van der Waals surface area contributed by atoms with Crippen molar-refractivity contribution >= 4 is 17.8 Å². The average Bonchev–Trinajstić information content (AvgIpc) is 3.73. The molecule has 6 rings (SSSR count). The fourth-order valence-corrected chi connectivity index (χ4v) is 5.76. The lowest BCUT2D eigenvalue weighted by Crippen LogP contribution is -2.49. The minimum atomic E-state index is -4.43. The SMILES string of the molecule is Cn1cc(-c2ccc(N(C(=O)NCc3ccccc3)[C@H]3CC[C@H](Nc4ncc(C#N)c(-c5cnn(CC(F)(F)F)c5)n4)CC3)nc2)cn1. The number of alkyl halides is 3. The van der Waals surface area contributed by atoms with Gasteiger partial charge in [-0.05, 0) is 43.4 Å². The molecule has 0 saturated heterocycles. The number of hydrogen-bond donors (Lipinski definition) is 2. The second kappa shape index (κ2) is 13.9. The van der Waals surface area contributed by atoms with Crippen LogP contribution in [-0.2, 0) is 20.1 Å². The Labute approximate surface area is 274 Å². The maximum Gasteiger partial charge on any atom is 0.408 e. The molecule has 1 fully saturated rings. The van der Waals surface area contributed by atoms with E-state index in [1.807, 2.05) is 61.8 Å². The monoisotopic (exact) mass is 655 g/mol. The van der Waals surface area contributed by atoms with Crippen LogP contribution in [0.15, 0.2) is 79.6 Å². The lowest BCUT2D eigenvalue weighted by atomic mass is 9.90. The fourth-order valence-electron chi connectivity index (χ4n) is 5.76. The molecule has 0 bridgehead atoms. The molecule has 0 atom stereocenters. The third-order valence-corrected chi connectivity index (χ3v) is 8.09. The van der Waals surface area contributed by atoms with E-state index in [9.17, 15) is 23.2 Å². The summed E-state index contributed by atoms with van der Waals surface area (Å²) in [6.45, 7) is -0.881. The normalized spacial score (nSPS) is 16.2. The number of rotatable bonds is 9. The second-order valence-electron chi connectivity index (χ2n) is 11.6. The molecule has 1 aromatic carbocycles. The van der Waals surface area contributed by atoms with E-state index in [4.69, 9.17) is 0 Å². The summed E-state index contributed by atoms with van der Waals surface area (Å²) in [5, 5.41) is 23.9. The first-order valence-corrected chi connectivity index (χ1v) is 15.3. The van der Waals surface area contributed by atoms with E-state index < -0.39 is 12.7 Å². The van der Waals surface area contributed by atoms with Crippen LogP contribution in [0.3, 0.4) is 0 Å². The molecule has 2 N–H and O–H groups in total. The van der Waals surface area contributed by atoms with Gasteiger partial charge in [-0.15, -0.1) is 0 Å². The molecule has 15 heteroatoms. The van der Waals surface area contributed by atoms with Gasteiger partial charge in [-0.1, -0.05) is 30.3 Å². The quantitative estimate of drug-likeness (QED) is 0.206. The molecule has 0 unspecified atom stereocenters. The highest BCUT2D eigenvalue weighted by molar-refractivity contribution is 5.91. The Morgan fingerprint density at radius 1 is 0.958 bits per heavy atom. The zero-order chi connectivity index (χ0) is 33.7. The molecular weight excluding hydrogens is 623 g/mol. The molecule has 4 heterocycles. The van der Waals surface area contributed by atoms with Gasteiger partial charge in [0.1, 0.15) is 18.4 Å². The summed E-state index contributed by atoms with van der Waals surface area (Å²) in [5.74, 6) is 0.789. The molecule has 1 saturated carbocycles. The van der Waals surface area contributed by atoms with Gasteiger partial charge in [0.05, 0.1) is 29.8 Å². The Morgan fingerprint density at radius 2 is 1.73 bits per heavy atom. The van der Waals surface area contributed by atoms with Crippen molar-refractivity contribution in [2.24, 2.45) is 7.05 Å². The Balaban J connectivity index is 1.15. The third-order valence-electron chi connectivity index (χ3n) is 8.09. The van der Waals surface area contributed by atoms with Gasteiger partial charge in [0.2, 0.25) is 5.95 Å². The number of amides is 2. The first kappa shape index (κ1) is 32.2. The van der Waals surface area contributed by atoms with Crippen molar-refractivity contribution in [1.29, 1.82) is 5.26 Å². The lowest BCUT2D eigenvalue weighted by Gasteiger charge is -2.36. The van der Waals surface area contributed by atoms with Crippen LogP contribution >= 0.6 is 0 Å². The van der Waals surface area contributed by atoms with Gasteiger partial charge >= 0.3 is 12.2 Å². The number of nitriles is 1. The predicted octanol–water partition coefficient (Wildman–Crippen LogP) is 5.71. The summed E-state index contributed by atoms with van der Waals surface area (Å²) in [6.07, 6.45) is 7.46. The van der Waals surface area contributed by atoms with Gasteiger partial charge < -0.3 is 10.6 Å². The number of urea groups is 1. The molecule has 0 aliphatic heterocycles. The van der Waals surface area contributed by atoms with Gasteiger partial charge in [-0.25, -0.2) is 19.7 Å². The highest BCUT2D eigenvalue weighted by Gasteiger charge is 2.32. The average molecular weight is 656 g/mol. The van der Waals surface area contributed by atoms with E-state index in [0.717, 1.165) is 21.4 Å². The van der Waals surface area contributed by atoms with Crippen molar-refractivity contribution < 1.29 is 18.0 Å². The molecule has 48 heavy (non-hydrogen) atoms. The van der Waals surface area contributed by atoms with Crippen LogP contribution in [0.2, 0.25) is 0 Å².